The minimum absolute atomic E-state index is 0.0268. The number of hydrogen-bond acceptors (Lipinski definition) is 5. The summed E-state index contributed by atoms with van der Waals surface area (Å²) in [6.45, 7) is -0.0787. The fraction of sp³-hybridized carbons (Fsp3) is 0.167. The first-order valence-corrected chi connectivity index (χ1v) is 8.74. The summed E-state index contributed by atoms with van der Waals surface area (Å²) in [5, 5.41) is 5.10. The van der Waals surface area contributed by atoms with Gasteiger partial charge < -0.3 is 10.1 Å². The highest BCUT2D eigenvalue weighted by Crippen LogP contribution is 2.26. The quantitative estimate of drug-likeness (QED) is 0.689. The molecular weight excluding hydrogens is 379 g/mol. The van der Waals surface area contributed by atoms with E-state index in [9.17, 15) is 18.0 Å². The van der Waals surface area contributed by atoms with Crippen molar-refractivity contribution in [3.8, 4) is 16.3 Å². The van der Waals surface area contributed by atoms with E-state index in [1.54, 1.807) is 29.9 Å². The van der Waals surface area contributed by atoms with Crippen molar-refractivity contribution in [2.45, 2.75) is 19.3 Å². The van der Waals surface area contributed by atoms with E-state index < -0.39 is 6.36 Å². The van der Waals surface area contributed by atoms with E-state index in [-0.39, 0.29) is 30.2 Å². The summed E-state index contributed by atoms with van der Waals surface area (Å²) in [7, 11) is 0. The summed E-state index contributed by atoms with van der Waals surface area (Å²) in [6.07, 6.45) is -1.42. The van der Waals surface area contributed by atoms with Crippen LogP contribution in [0.15, 0.2) is 54.2 Å². The maximum Gasteiger partial charge on any atom is 0.573 e. The van der Waals surface area contributed by atoms with Crippen LogP contribution in [-0.4, -0.2) is 22.2 Å². The predicted octanol–water partition coefficient (Wildman–Crippen LogP) is 3.96. The monoisotopic (exact) mass is 393 g/mol. The van der Waals surface area contributed by atoms with Crippen LogP contribution in [0.5, 0.6) is 5.75 Å². The Morgan fingerprint density at radius 2 is 2.00 bits per heavy atom. The molecule has 3 rings (SSSR count). The van der Waals surface area contributed by atoms with Gasteiger partial charge in [-0.3, -0.25) is 9.78 Å². The molecule has 0 aliphatic heterocycles. The molecule has 5 nitrogen and oxygen atoms in total. The fourth-order valence-electron chi connectivity index (χ4n) is 2.30. The van der Waals surface area contributed by atoms with E-state index >= 15 is 0 Å². The lowest BCUT2D eigenvalue weighted by atomic mass is 10.2. The molecule has 1 amide bonds. The SMILES string of the molecule is O=C(Cc1csc(-c2cccnc2)n1)NCc1ccccc1OC(F)(F)F. The Morgan fingerprint density at radius 1 is 1.19 bits per heavy atom. The number of aromatic nitrogens is 2. The predicted molar refractivity (Wildman–Crippen MR) is 94.0 cm³/mol. The van der Waals surface area contributed by atoms with Crippen LogP contribution >= 0.6 is 11.3 Å². The van der Waals surface area contributed by atoms with E-state index in [2.05, 4.69) is 20.0 Å². The molecule has 0 saturated carbocycles. The second kappa shape index (κ2) is 8.17. The molecule has 3 aromatic rings. The van der Waals surface area contributed by atoms with Gasteiger partial charge in [0.15, 0.2) is 0 Å². The van der Waals surface area contributed by atoms with Crippen LogP contribution in [-0.2, 0) is 17.8 Å². The van der Waals surface area contributed by atoms with Crippen LogP contribution < -0.4 is 10.1 Å². The number of rotatable bonds is 6. The molecule has 0 bridgehead atoms. The highest BCUT2D eigenvalue weighted by molar-refractivity contribution is 7.13. The van der Waals surface area contributed by atoms with Crippen molar-refractivity contribution in [3.63, 3.8) is 0 Å². The molecule has 0 aliphatic rings. The van der Waals surface area contributed by atoms with Gasteiger partial charge >= 0.3 is 6.36 Å². The first kappa shape index (κ1) is 18.8. The second-order valence-corrected chi connectivity index (χ2v) is 6.35. The van der Waals surface area contributed by atoms with Crippen molar-refractivity contribution in [1.82, 2.24) is 15.3 Å². The van der Waals surface area contributed by atoms with Gasteiger partial charge in [0.05, 0.1) is 12.1 Å². The number of halogens is 3. The molecule has 0 saturated heterocycles. The van der Waals surface area contributed by atoms with Crippen molar-refractivity contribution in [1.29, 1.82) is 0 Å². The molecule has 0 spiro atoms. The molecule has 2 heterocycles. The van der Waals surface area contributed by atoms with Crippen molar-refractivity contribution >= 4 is 17.2 Å². The Kier molecular flexibility index (Phi) is 5.70. The summed E-state index contributed by atoms with van der Waals surface area (Å²) in [5.74, 6) is -0.683. The third-order valence-electron chi connectivity index (χ3n) is 3.48. The fourth-order valence-corrected chi connectivity index (χ4v) is 3.12. The average molecular weight is 393 g/mol. The number of nitrogens with zero attached hydrogens (tertiary/aromatic N) is 2. The van der Waals surface area contributed by atoms with Crippen LogP contribution in [0.2, 0.25) is 0 Å². The van der Waals surface area contributed by atoms with Crippen LogP contribution in [0.25, 0.3) is 10.6 Å². The Morgan fingerprint density at radius 3 is 2.74 bits per heavy atom. The van der Waals surface area contributed by atoms with Gasteiger partial charge in [-0.1, -0.05) is 18.2 Å². The van der Waals surface area contributed by atoms with E-state index in [1.807, 2.05) is 6.07 Å². The second-order valence-electron chi connectivity index (χ2n) is 5.49. The van der Waals surface area contributed by atoms with Gasteiger partial charge in [-0.2, -0.15) is 0 Å². The molecule has 0 fully saturated rings. The molecule has 0 aliphatic carbocycles. The third-order valence-corrected chi connectivity index (χ3v) is 4.42. The van der Waals surface area contributed by atoms with Gasteiger partial charge in [0.25, 0.3) is 0 Å². The summed E-state index contributed by atoms with van der Waals surface area (Å²) in [6, 6.07) is 9.34. The number of benzene rings is 1. The maximum atomic E-state index is 12.4. The molecule has 140 valence electrons. The summed E-state index contributed by atoms with van der Waals surface area (Å²) in [4.78, 5) is 20.5. The van der Waals surface area contributed by atoms with Crippen molar-refractivity contribution in [2.75, 3.05) is 0 Å². The van der Waals surface area contributed by atoms with Crippen LogP contribution in [0.1, 0.15) is 11.3 Å². The van der Waals surface area contributed by atoms with Crippen molar-refractivity contribution in [3.05, 3.63) is 65.4 Å². The first-order chi connectivity index (χ1) is 12.9. The number of amides is 1. The van der Waals surface area contributed by atoms with E-state index in [0.717, 1.165) is 10.6 Å². The minimum Gasteiger partial charge on any atom is -0.405 e. The van der Waals surface area contributed by atoms with Gasteiger partial charge in [-0.25, -0.2) is 4.98 Å². The van der Waals surface area contributed by atoms with Gasteiger partial charge in [-0.15, -0.1) is 24.5 Å². The van der Waals surface area contributed by atoms with Gasteiger partial charge in [0.1, 0.15) is 10.8 Å². The van der Waals surface area contributed by atoms with Crippen LogP contribution in [0.4, 0.5) is 13.2 Å². The summed E-state index contributed by atoms with van der Waals surface area (Å²) < 4.78 is 41.3. The van der Waals surface area contributed by atoms with Crippen LogP contribution in [0.3, 0.4) is 0 Å². The first-order valence-electron chi connectivity index (χ1n) is 7.86. The zero-order chi connectivity index (χ0) is 19.3. The largest absolute Gasteiger partial charge is 0.573 e. The summed E-state index contributed by atoms with van der Waals surface area (Å²) in [5.41, 5.74) is 1.67. The number of nitrogens with one attached hydrogen (secondary N) is 1. The highest BCUT2D eigenvalue weighted by atomic mass is 32.1. The molecular formula is C18H14F3N3O2S. The zero-order valence-corrected chi connectivity index (χ0v) is 14.7. The standard InChI is InChI=1S/C18H14F3N3O2S/c19-18(20,21)26-15-6-2-1-4-12(15)10-23-16(25)8-14-11-27-17(24-14)13-5-3-7-22-9-13/h1-7,9,11H,8,10H2,(H,23,25). The topological polar surface area (TPSA) is 64.1 Å². The number of hydrogen-bond donors (Lipinski definition) is 1. The van der Waals surface area contributed by atoms with E-state index in [1.165, 1.54) is 29.5 Å². The van der Waals surface area contributed by atoms with Crippen molar-refractivity contribution in [2.24, 2.45) is 0 Å². The van der Waals surface area contributed by atoms with Crippen molar-refractivity contribution < 1.29 is 22.7 Å². The molecule has 0 radical (unpaired) electrons. The lowest BCUT2D eigenvalue weighted by molar-refractivity contribution is -0.274. The summed E-state index contributed by atoms with van der Waals surface area (Å²) >= 11 is 1.39. The molecule has 0 unspecified atom stereocenters. The number of para-hydroxylation sites is 1. The highest BCUT2D eigenvalue weighted by Gasteiger charge is 2.31. The number of carbonyl (C=O) groups excluding carboxylic acids is 1. The molecule has 1 N–H and O–H groups in total. The lowest BCUT2D eigenvalue weighted by Gasteiger charge is -2.13. The third kappa shape index (κ3) is 5.52. The van der Waals surface area contributed by atoms with Gasteiger partial charge in [0.2, 0.25) is 5.91 Å². The van der Waals surface area contributed by atoms with Gasteiger partial charge in [0, 0.05) is 35.4 Å². The number of thiazole rings is 1. The number of alkyl halides is 3. The lowest BCUT2D eigenvalue weighted by Crippen LogP contribution is -2.25. The zero-order valence-electron chi connectivity index (χ0n) is 13.9. The normalized spacial score (nSPS) is 11.2. The number of ether oxygens (including phenoxy) is 1. The smallest absolute Gasteiger partial charge is 0.405 e. The van der Waals surface area contributed by atoms with E-state index in [0.29, 0.717) is 5.69 Å². The molecule has 2 aromatic heterocycles. The van der Waals surface area contributed by atoms with E-state index in [4.69, 9.17) is 0 Å². The Bertz CT molecular complexity index is 913. The minimum atomic E-state index is -4.79. The Labute approximate surface area is 156 Å². The number of pyridine rings is 1. The number of carbonyl (C=O) groups is 1. The molecule has 0 atom stereocenters. The molecule has 27 heavy (non-hydrogen) atoms. The van der Waals surface area contributed by atoms with Gasteiger partial charge in [-0.05, 0) is 18.2 Å². The Balaban J connectivity index is 1.59. The van der Waals surface area contributed by atoms with Crippen LogP contribution in [0, 0.1) is 0 Å². The Hall–Kier alpha value is -2.94. The molecule has 9 heteroatoms. The average Bonchev–Trinajstić information content (AvgIpc) is 3.09. The maximum absolute atomic E-state index is 12.4. The molecule has 1 aromatic carbocycles.